The van der Waals surface area contributed by atoms with Crippen LogP contribution in [0.1, 0.15) is 20.8 Å². The molecule has 0 saturated carbocycles. The number of anilines is 1. The molecule has 0 aromatic heterocycles. The summed E-state index contributed by atoms with van der Waals surface area (Å²) in [6.45, 7) is 6.48. The van der Waals surface area contributed by atoms with Crippen LogP contribution in [0.2, 0.25) is 0 Å². The molecule has 0 aliphatic carbocycles. The molecule has 132 valence electrons. The second-order valence-corrected chi connectivity index (χ2v) is 9.23. The number of hydrogen-bond acceptors (Lipinski definition) is 5. The number of thioether (sulfide) groups is 1. The Morgan fingerprint density at radius 3 is 2.52 bits per heavy atom. The van der Waals surface area contributed by atoms with Gasteiger partial charge in [0.15, 0.2) is 0 Å². The van der Waals surface area contributed by atoms with E-state index in [0.29, 0.717) is 11.4 Å². The molecule has 0 aliphatic rings. The van der Waals surface area contributed by atoms with E-state index in [1.165, 1.54) is 23.9 Å². The molecule has 0 fully saturated rings. The summed E-state index contributed by atoms with van der Waals surface area (Å²) in [5.41, 5.74) is 5.75. The fraction of sp³-hybridized carbons (Fsp3) is 0.500. The molecule has 0 saturated heterocycles. The fourth-order valence-electron chi connectivity index (χ4n) is 1.50. The van der Waals surface area contributed by atoms with E-state index in [9.17, 15) is 13.2 Å². The highest BCUT2D eigenvalue weighted by Crippen LogP contribution is 2.23. The summed E-state index contributed by atoms with van der Waals surface area (Å²) in [5.74, 6) is 0.149. The average molecular weight is 382 g/mol. The normalized spacial score (nSPS) is 11.7. The number of amides is 1. The van der Waals surface area contributed by atoms with Crippen LogP contribution in [0.3, 0.4) is 0 Å². The summed E-state index contributed by atoms with van der Waals surface area (Å²) in [6, 6.07) is 6.14. The predicted molar refractivity (Wildman–Crippen MR) is 98.8 cm³/mol. The molecule has 6 nitrogen and oxygen atoms in total. The zero-order valence-corrected chi connectivity index (χ0v) is 15.9. The monoisotopic (exact) mass is 381 g/mol. The van der Waals surface area contributed by atoms with Crippen LogP contribution in [0.5, 0.6) is 0 Å². The number of hydrogen-bond donors (Lipinski definition) is 3. The third-order valence-electron chi connectivity index (χ3n) is 2.50. The van der Waals surface area contributed by atoms with Gasteiger partial charge >= 0.3 is 0 Å². The predicted octanol–water partition coefficient (Wildman–Crippen LogP) is 1.82. The zero-order valence-electron chi connectivity index (χ0n) is 13.5. The number of nitrogens with two attached hydrogens (primary N) is 1. The van der Waals surface area contributed by atoms with E-state index in [4.69, 9.17) is 5.73 Å². The van der Waals surface area contributed by atoms with Gasteiger partial charge in [-0.2, -0.15) is 0 Å². The molecule has 1 rings (SSSR count). The van der Waals surface area contributed by atoms with Gasteiger partial charge in [0.05, 0.1) is 10.6 Å². The SMILES string of the molecule is CC(C)(C)SCC(=O)Nc1cccc(S(=O)(=O)NCCN)c1.Cl. The first-order valence-corrected chi connectivity index (χ1v) is 9.34. The third kappa shape index (κ3) is 8.57. The lowest BCUT2D eigenvalue weighted by Gasteiger charge is -2.17. The molecule has 23 heavy (non-hydrogen) atoms. The molecule has 0 bridgehead atoms. The first-order valence-electron chi connectivity index (χ1n) is 6.88. The van der Waals surface area contributed by atoms with E-state index in [0.717, 1.165) is 0 Å². The summed E-state index contributed by atoms with van der Waals surface area (Å²) >= 11 is 1.53. The van der Waals surface area contributed by atoms with Gasteiger partial charge in [-0.05, 0) is 18.2 Å². The van der Waals surface area contributed by atoms with E-state index in [-0.39, 0.29) is 41.0 Å². The lowest BCUT2D eigenvalue weighted by atomic mass is 10.3. The van der Waals surface area contributed by atoms with Crippen molar-refractivity contribution in [2.45, 2.75) is 30.4 Å². The van der Waals surface area contributed by atoms with E-state index in [1.807, 2.05) is 20.8 Å². The molecule has 0 aliphatic heterocycles. The maximum Gasteiger partial charge on any atom is 0.240 e. The zero-order chi connectivity index (χ0) is 16.8. The van der Waals surface area contributed by atoms with Crippen LogP contribution >= 0.6 is 24.2 Å². The Hall–Kier alpha value is -0.800. The Bertz CT molecular complexity index is 616. The average Bonchev–Trinajstić information content (AvgIpc) is 2.43. The van der Waals surface area contributed by atoms with Gasteiger partial charge in [0, 0.05) is 23.5 Å². The van der Waals surface area contributed by atoms with Crippen LogP contribution in [-0.2, 0) is 14.8 Å². The van der Waals surface area contributed by atoms with Crippen molar-refractivity contribution in [1.29, 1.82) is 0 Å². The minimum Gasteiger partial charge on any atom is -0.329 e. The van der Waals surface area contributed by atoms with Crippen LogP contribution in [-0.4, -0.2) is 37.9 Å². The summed E-state index contributed by atoms with van der Waals surface area (Å²) < 4.78 is 26.4. The summed E-state index contributed by atoms with van der Waals surface area (Å²) in [6.07, 6.45) is 0. The van der Waals surface area contributed by atoms with E-state index >= 15 is 0 Å². The van der Waals surface area contributed by atoms with Gasteiger partial charge in [-0.1, -0.05) is 26.8 Å². The van der Waals surface area contributed by atoms with E-state index in [1.54, 1.807) is 12.1 Å². The highest BCUT2D eigenvalue weighted by Gasteiger charge is 2.16. The standard InChI is InChI=1S/C14H23N3O3S2.ClH/c1-14(2,3)21-10-13(18)17-11-5-4-6-12(9-11)22(19,20)16-8-7-15;/h4-6,9,16H,7-8,10,15H2,1-3H3,(H,17,18);1H. The highest BCUT2D eigenvalue weighted by molar-refractivity contribution is 8.01. The van der Waals surface area contributed by atoms with Gasteiger partial charge in [-0.3, -0.25) is 4.79 Å². The van der Waals surface area contributed by atoms with Crippen molar-refractivity contribution in [2.75, 3.05) is 24.2 Å². The van der Waals surface area contributed by atoms with Crippen molar-refractivity contribution >= 4 is 45.8 Å². The Morgan fingerprint density at radius 1 is 1.30 bits per heavy atom. The first kappa shape index (κ1) is 22.2. The van der Waals surface area contributed by atoms with Crippen LogP contribution in [0.15, 0.2) is 29.2 Å². The van der Waals surface area contributed by atoms with E-state index < -0.39 is 10.0 Å². The molecule has 1 amide bonds. The van der Waals surface area contributed by atoms with Crippen molar-refractivity contribution in [2.24, 2.45) is 5.73 Å². The fourth-order valence-corrected chi connectivity index (χ4v) is 3.23. The molecular weight excluding hydrogens is 358 g/mol. The molecular formula is C14H24ClN3O3S2. The van der Waals surface area contributed by atoms with Crippen molar-refractivity contribution in [3.8, 4) is 0 Å². The summed E-state index contributed by atoms with van der Waals surface area (Å²) in [4.78, 5) is 12.0. The summed E-state index contributed by atoms with van der Waals surface area (Å²) in [5, 5.41) is 2.71. The minimum atomic E-state index is -3.60. The number of benzene rings is 1. The van der Waals surface area contributed by atoms with Gasteiger partial charge in [0.1, 0.15) is 0 Å². The first-order chi connectivity index (χ1) is 10.1. The topological polar surface area (TPSA) is 101 Å². The lowest BCUT2D eigenvalue weighted by Crippen LogP contribution is -2.29. The van der Waals surface area contributed by atoms with Gasteiger partial charge < -0.3 is 11.1 Å². The molecule has 4 N–H and O–H groups in total. The minimum absolute atomic E-state index is 0. The maximum absolute atomic E-state index is 12.0. The smallest absolute Gasteiger partial charge is 0.240 e. The third-order valence-corrected chi connectivity index (χ3v) is 5.23. The number of rotatable bonds is 7. The molecule has 0 heterocycles. The number of halogens is 1. The van der Waals surface area contributed by atoms with Crippen LogP contribution in [0.4, 0.5) is 5.69 Å². The highest BCUT2D eigenvalue weighted by atomic mass is 35.5. The van der Waals surface area contributed by atoms with Crippen molar-refractivity contribution in [1.82, 2.24) is 4.72 Å². The van der Waals surface area contributed by atoms with Crippen LogP contribution < -0.4 is 15.8 Å². The maximum atomic E-state index is 12.0. The van der Waals surface area contributed by atoms with Gasteiger partial charge in [-0.25, -0.2) is 13.1 Å². The van der Waals surface area contributed by atoms with Crippen LogP contribution in [0, 0.1) is 0 Å². The molecule has 1 aromatic rings. The molecule has 0 spiro atoms. The van der Waals surface area contributed by atoms with E-state index in [2.05, 4.69) is 10.0 Å². The molecule has 0 atom stereocenters. The molecule has 0 radical (unpaired) electrons. The Morgan fingerprint density at radius 2 is 1.96 bits per heavy atom. The Labute approximate surface area is 148 Å². The van der Waals surface area contributed by atoms with Gasteiger partial charge in [-0.15, -0.1) is 24.2 Å². The number of nitrogens with one attached hydrogen (secondary N) is 2. The van der Waals surface area contributed by atoms with Crippen molar-refractivity contribution in [3.05, 3.63) is 24.3 Å². The largest absolute Gasteiger partial charge is 0.329 e. The molecule has 9 heteroatoms. The van der Waals surface area contributed by atoms with Crippen molar-refractivity contribution in [3.63, 3.8) is 0 Å². The van der Waals surface area contributed by atoms with Crippen LogP contribution in [0.25, 0.3) is 0 Å². The summed E-state index contributed by atoms with van der Waals surface area (Å²) in [7, 11) is -3.60. The molecule has 0 unspecified atom stereocenters. The number of carbonyl (C=O) groups is 1. The van der Waals surface area contributed by atoms with Gasteiger partial charge in [0.25, 0.3) is 0 Å². The second kappa shape index (κ2) is 9.48. The number of sulfonamides is 1. The second-order valence-electron chi connectivity index (χ2n) is 5.66. The number of carbonyl (C=O) groups excluding carboxylic acids is 1. The van der Waals surface area contributed by atoms with Crippen molar-refractivity contribution < 1.29 is 13.2 Å². The quantitative estimate of drug-likeness (QED) is 0.668. The Kier molecular flexibility index (Phi) is 9.15. The lowest BCUT2D eigenvalue weighted by molar-refractivity contribution is -0.113. The van der Waals surface area contributed by atoms with Gasteiger partial charge in [0.2, 0.25) is 15.9 Å². The molecule has 1 aromatic carbocycles. The Balaban J connectivity index is 0.00000484.